The van der Waals surface area contributed by atoms with E-state index in [4.69, 9.17) is 0 Å². The van der Waals surface area contributed by atoms with E-state index in [-0.39, 0.29) is 5.91 Å². The largest absolute Gasteiger partial charge is 0.352 e. The molecule has 1 aliphatic rings. The molecule has 0 saturated heterocycles. The molecule has 0 unspecified atom stereocenters. The molecule has 0 aliphatic heterocycles. The number of thiazole rings is 1. The van der Waals surface area contributed by atoms with Crippen LogP contribution in [-0.2, 0) is 6.54 Å². The summed E-state index contributed by atoms with van der Waals surface area (Å²) < 4.78 is 2.23. The third kappa shape index (κ3) is 4.23. The normalized spacial score (nSPS) is 15.1. The van der Waals surface area contributed by atoms with E-state index in [1.807, 2.05) is 19.9 Å². The molecule has 0 aromatic carbocycles. The van der Waals surface area contributed by atoms with Crippen molar-refractivity contribution in [2.24, 2.45) is 5.92 Å². The first-order valence-electron chi connectivity index (χ1n) is 10.0. The van der Waals surface area contributed by atoms with Crippen molar-refractivity contribution in [2.45, 2.75) is 52.5 Å². The summed E-state index contributed by atoms with van der Waals surface area (Å²) in [6.07, 6.45) is 6.41. The maximum absolute atomic E-state index is 13.0. The highest BCUT2D eigenvalue weighted by Gasteiger charge is 2.21. The van der Waals surface area contributed by atoms with E-state index in [9.17, 15) is 4.79 Å². The SMILES string of the molecule is Cc1nc(-c2cc(C(=O)NCC3CCCCC3)c(C)n2Cc2cccs2)cs1. The number of carbonyl (C=O) groups excluding carboxylic acids is 1. The van der Waals surface area contributed by atoms with Gasteiger partial charge in [0.25, 0.3) is 5.91 Å². The predicted molar refractivity (Wildman–Crippen MR) is 117 cm³/mol. The summed E-state index contributed by atoms with van der Waals surface area (Å²) in [4.78, 5) is 18.9. The molecule has 4 rings (SSSR count). The van der Waals surface area contributed by atoms with Gasteiger partial charge in [0.15, 0.2) is 0 Å². The minimum Gasteiger partial charge on any atom is -0.352 e. The highest BCUT2D eigenvalue weighted by molar-refractivity contribution is 7.10. The van der Waals surface area contributed by atoms with Gasteiger partial charge >= 0.3 is 0 Å². The molecule has 6 heteroatoms. The second-order valence-corrected chi connectivity index (χ2v) is 9.75. The van der Waals surface area contributed by atoms with Crippen LogP contribution in [0.1, 0.15) is 58.0 Å². The van der Waals surface area contributed by atoms with Crippen molar-refractivity contribution in [3.05, 3.63) is 50.1 Å². The van der Waals surface area contributed by atoms with E-state index < -0.39 is 0 Å². The number of aromatic nitrogens is 2. The highest BCUT2D eigenvalue weighted by Crippen LogP contribution is 2.29. The fourth-order valence-corrected chi connectivity index (χ4v) is 5.35. The second-order valence-electron chi connectivity index (χ2n) is 7.66. The number of aryl methyl sites for hydroxylation is 1. The summed E-state index contributed by atoms with van der Waals surface area (Å²) in [7, 11) is 0. The number of nitrogens with zero attached hydrogens (tertiary/aromatic N) is 2. The molecule has 3 aromatic heterocycles. The number of hydrogen-bond donors (Lipinski definition) is 1. The molecule has 1 aliphatic carbocycles. The Balaban J connectivity index is 1.59. The van der Waals surface area contributed by atoms with Crippen LogP contribution in [0, 0.1) is 19.8 Å². The molecule has 3 heterocycles. The molecular weight excluding hydrogens is 386 g/mol. The molecule has 1 saturated carbocycles. The Kier molecular flexibility index (Phi) is 5.97. The number of amides is 1. The molecule has 148 valence electrons. The first kappa shape index (κ1) is 19.4. The number of hydrogen-bond acceptors (Lipinski definition) is 4. The number of rotatable bonds is 6. The lowest BCUT2D eigenvalue weighted by Gasteiger charge is -2.21. The van der Waals surface area contributed by atoms with E-state index >= 15 is 0 Å². The van der Waals surface area contributed by atoms with Gasteiger partial charge < -0.3 is 9.88 Å². The Bertz CT molecular complexity index is 933. The van der Waals surface area contributed by atoms with Crippen molar-refractivity contribution in [1.82, 2.24) is 14.9 Å². The lowest BCUT2D eigenvalue weighted by molar-refractivity contribution is 0.0943. The van der Waals surface area contributed by atoms with Crippen LogP contribution in [0.3, 0.4) is 0 Å². The van der Waals surface area contributed by atoms with Crippen molar-refractivity contribution in [1.29, 1.82) is 0 Å². The zero-order chi connectivity index (χ0) is 19.5. The van der Waals surface area contributed by atoms with E-state index in [2.05, 4.69) is 37.8 Å². The fraction of sp³-hybridized carbons (Fsp3) is 0.455. The summed E-state index contributed by atoms with van der Waals surface area (Å²) in [5.41, 5.74) is 3.76. The molecule has 4 nitrogen and oxygen atoms in total. The average Bonchev–Trinajstić information content (AvgIpc) is 3.43. The Hall–Kier alpha value is -1.92. The van der Waals surface area contributed by atoms with Gasteiger partial charge in [-0.1, -0.05) is 25.3 Å². The van der Waals surface area contributed by atoms with Crippen LogP contribution in [0.15, 0.2) is 29.0 Å². The van der Waals surface area contributed by atoms with E-state index in [1.54, 1.807) is 22.7 Å². The van der Waals surface area contributed by atoms with Gasteiger partial charge in [0, 0.05) is 22.5 Å². The Morgan fingerprint density at radius 2 is 2.07 bits per heavy atom. The zero-order valence-corrected chi connectivity index (χ0v) is 18.2. The van der Waals surface area contributed by atoms with Gasteiger partial charge in [-0.05, 0) is 50.1 Å². The molecular formula is C22H27N3OS2. The number of nitrogens with one attached hydrogen (secondary N) is 1. The molecule has 1 fully saturated rings. The van der Waals surface area contributed by atoms with E-state index in [1.165, 1.54) is 37.0 Å². The van der Waals surface area contributed by atoms with Gasteiger partial charge in [0.05, 0.1) is 28.5 Å². The van der Waals surface area contributed by atoms with E-state index in [0.29, 0.717) is 5.92 Å². The molecule has 0 spiro atoms. The second kappa shape index (κ2) is 8.62. The van der Waals surface area contributed by atoms with Crippen molar-refractivity contribution < 1.29 is 4.79 Å². The lowest BCUT2D eigenvalue weighted by atomic mass is 9.89. The first-order chi connectivity index (χ1) is 13.6. The summed E-state index contributed by atoms with van der Waals surface area (Å²) in [6, 6.07) is 6.24. The van der Waals surface area contributed by atoms with Gasteiger partial charge in [-0.3, -0.25) is 4.79 Å². The quantitative estimate of drug-likeness (QED) is 0.568. The zero-order valence-electron chi connectivity index (χ0n) is 16.5. The standard InChI is InChI=1S/C22H27N3OS2/c1-15-19(22(26)23-12-17-7-4-3-5-8-17)11-21(20-14-28-16(2)24-20)25(15)13-18-9-6-10-27-18/h6,9-11,14,17H,3-5,7-8,12-13H2,1-2H3,(H,23,26). The minimum absolute atomic E-state index is 0.0428. The average molecular weight is 414 g/mol. The Labute approximate surface area is 174 Å². The lowest BCUT2D eigenvalue weighted by Crippen LogP contribution is -2.30. The van der Waals surface area contributed by atoms with Gasteiger partial charge in [-0.15, -0.1) is 22.7 Å². The number of carbonyl (C=O) groups is 1. The van der Waals surface area contributed by atoms with E-state index in [0.717, 1.165) is 40.7 Å². The van der Waals surface area contributed by atoms with Crippen molar-refractivity contribution in [3.8, 4) is 11.4 Å². The monoisotopic (exact) mass is 413 g/mol. The summed E-state index contributed by atoms with van der Waals surface area (Å²) in [5.74, 6) is 0.674. The van der Waals surface area contributed by atoms with Crippen molar-refractivity contribution >= 4 is 28.6 Å². The molecule has 0 atom stereocenters. The van der Waals surface area contributed by atoms with Crippen LogP contribution in [0.4, 0.5) is 0 Å². The first-order valence-corrected chi connectivity index (χ1v) is 11.8. The van der Waals surface area contributed by atoms with Crippen molar-refractivity contribution in [3.63, 3.8) is 0 Å². The minimum atomic E-state index is 0.0428. The molecule has 3 aromatic rings. The van der Waals surface area contributed by atoms with Gasteiger partial charge in [0.1, 0.15) is 0 Å². The smallest absolute Gasteiger partial charge is 0.253 e. The van der Waals surface area contributed by atoms with Crippen LogP contribution in [-0.4, -0.2) is 22.0 Å². The van der Waals surface area contributed by atoms with Crippen LogP contribution in [0.5, 0.6) is 0 Å². The molecule has 28 heavy (non-hydrogen) atoms. The predicted octanol–water partition coefficient (Wildman–Crippen LogP) is 5.65. The van der Waals surface area contributed by atoms with Gasteiger partial charge in [-0.25, -0.2) is 4.98 Å². The van der Waals surface area contributed by atoms with Crippen LogP contribution in [0.2, 0.25) is 0 Å². The summed E-state index contributed by atoms with van der Waals surface area (Å²) >= 11 is 3.39. The Morgan fingerprint density at radius 3 is 2.75 bits per heavy atom. The van der Waals surface area contributed by atoms with Crippen LogP contribution >= 0.6 is 22.7 Å². The molecule has 0 bridgehead atoms. The summed E-state index contributed by atoms with van der Waals surface area (Å²) in [5, 5.41) is 8.42. The van der Waals surface area contributed by atoms with Gasteiger partial charge in [0.2, 0.25) is 0 Å². The third-order valence-electron chi connectivity index (χ3n) is 5.66. The van der Waals surface area contributed by atoms with Crippen LogP contribution in [0.25, 0.3) is 11.4 Å². The van der Waals surface area contributed by atoms with Crippen LogP contribution < -0.4 is 5.32 Å². The molecule has 1 amide bonds. The topological polar surface area (TPSA) is 46.9 Å². The maximum atomic E-state index is 13.0. The summed E-state index contributed by atoms with van der Waals surface area (Å²) in [6.45, 7) is 5.63. The molecule has 1 N–H and O–H groups in total. The third-order valence-corrected chi connectivity index (χ3v) is 7.30. The number of thiophene rings is 1. The van der Waals surface area contributed by atoms with Crippen molar-refractivity contribution in [2.75, 3.05) is 6.54 Å². The fourth-order valence-electron chi connectivity index (χ4n) is 4.05. The van der Waals surface area contributed by atoms with Gasteiger partial charge in [-0.2, -0.15) is 0 Å². The maximum Gasteiger partial charge on any atom is 0.253 e. The molecule has 0 radical (unpaired) electrons. The Morgan fingerprint density at radius 1 is 1.25 bits per heavy atom. The highest BCUT2D eigenvalue weighted by atomic mass is 32.1.